The third-order valence-electron chi connectivity index (χ3n) is 2.26. The summed E-state index contributed by atoms with van der Waals surface area (Å²) in [7, 11) is 0. The van der Waals surface area contributed by atoms with Crippen LogP contribution < -0.4 is 0 Å². The molecule has 0 aliphatic carbocycles. The molecule has 2 nitrogen and oxygen atoms in total. The summed E-state index contributed by atoms with van der Waals surface area (Å²) in [5, 5.41) is 18.9. The Bertz CT molecular complexity index is 204. The van der Waals surface area contributed by atoms with E-state index in [4.69, 9.17) is 0 Å². The Balaban J connectivity index is 4.13. The topological polar surface area (TPSA) is 40.5 Å². The van der Waals surface area contributed by atoms with Crippen LogP contribution in [0.3, 0.4) is 0 Å². The summed E-state index contributed by atoms with van der Waals surface area (Å²) in [6.07, 6.45) is 5.35. The predicted octanol–water partition coefficient (Wildman–Crippen LogP) is 2.28. The summed E-state index contributed by atoms with van der Waals surface area (Å²) in [6, 6.07) is 0. The molecule has 0 rings (SSSR count). The zero-order valence-electron chi connectivity index (χ0n) is 9.57. The molecule has 0 saturated heterocycles. The van der Waals surface area contributed by atoms with Crippen molar-refractivity contribution >= 4 is 0 Å². The van der Waals surface area contributed by atoms with Gasteiger partial charge < -0.3 is 10.2 Å². The highest BCUT2D eigenvalue weighted by atomic mass is 16.3. The lowest BCUT2D eigenvalue weighted by atomic mass is 10.1. The van der Waals surface area contributed by atoms with Crippen molar-refractivity contribution in [3.8, 4) is 0 Å². The van der Waals surface area contributed by atoms with Crippen LogP contribution in [0.25, 0.3) is 0 Å². The molecule has 0 aromatic carbocycles. The van der Waals surface area contributed by atoms with E-state index in [9.17, 15) is 10.2 Å². The third kappa shape index (κ3) is 5.20. The molecule has 0 aliphatic heterocycles. The van der Waals surface area contributed by atoms with E-state index in [-0.39, 0.29) is 12.0 Å². The van der Waals surface area contributed by atoms with Gasteiger partial charge in [-0.25, -0.2) is 0 Å². The van der Waals surface area contributed by atoms with Gasteiger partial charge in [0.25, 0.3) is 0 Å². The van der Waals surface area contributed by atoms with E-state index in [1.165, 1.54) is 0 Å². The zero-order valence-corrected chi connectivity index (χ0v) is 9.57. The maximum atomic E-state index is 9.46. The Labute approximate surface area is 87.0 Å². The van der Waals surface area contributed by atoms with E-state index in [1.54, 1.807) is 12.2 Å². The maximum absolute atomic E-state index is 9.46. The van der Waals surface area contributed by atoms with Crippen LogP contribution in [0.2, 0.25) is 0 Å². The average molecular weight is 198 g/mol. The lowest BCUT2D eigenvalue weighted by Crippen LogP contribution is -2.10. The van der Waals surface area contributed by atoms with Gasteiger partial charge in [-0.3, -0.25) is 0 Å². The summed E-state index contributed by atoms with van der Waals surface area (Å²) in [5.74, 6) is 0.232. The molecule has 82 valence electrons. The minimum absolute atomic E-state index is 0.232. The van der Waals surface area contributed by atoms with E-state index in [0.29, 0.717) is 0 Å². The standard InChI is InChI=1S/C12H22O2/c1-5-11(13)10(4)7-6-8-12(14)9(2)3/h6-9,11-14H,5H2,1-4H3. The van der Waals surface area contributed by atoms with Crippen molar-refractivity contribution in [2.45, 2.75) is 46.3 Å². The van der Waals surface area contributed by atoms with Crippen LogP contribution in [0.15, 0.2) is 23.8 Å². The van der Waals surface area contributed by atoms with Crippen LogP contribution in [0.5, 0.6) is 0 Å². The maximum Gasteiger partial charge on any atom is 0.0747 e. The Morgan fingerprint density at radius 1 is 1.29 bits per heavy atom. The Morgan fingerprint density at radius 2 is 1.86 bits per heavy atom. The van der Waals surface area contributed by atoms with Gasteiger partial charge in [0, 0.05) is 0 Å². The van der Waals surface area contributed by atoms with Gasteiger partial charge in [0.15, 0.2) is 0 Å². The number of allylic oxidation sites excluding steroid dienone is 2. The van der Waals surface area contributed by atoms with Crippen molar-refractivity contribution < 1.29 is 10.2 Å². The quantitative estimate of drug-likeness (QED) is 0.665. The first-order valence-electron chi connectivity index (χ1n) is 5.20. The Hall–Kier alpha value is -0.600. The molecule has 0 bridgehead atoms. The van der Waals surface area contributed by atoms with Crippen LogP contribution in [0, 0.1) is 5.92 Å². The summed E-state index contributed by atoms with van der Waals surface area (Å²) >= 11 is 0. The van der Waals surface area contributed by atoms with Crippen molar-refractivity contribution in [3.05, 3.63) is 23.8 Å². The summed E-state index contributed by atoms with van der Waals surface area (Å²) < 4.78 is 0. The minimum Gasteiger partial charge on any atom is -0.389 e. The summed E-state index contributed by atoms with van der Waals surface area (Å²) in [4.78, 5) is 0. The molecule has 0 aliphatic rings. The summed E-state index contributed by atoms with van der Waals surface area (Å²) in [5.41, 5.74) is 0.930. The normalized spacial score (nSPS) is 17.8. The molecule has 0 aromatic heterocycles. The van der Waals surface area contributed by atoms with Crippen LogP contribution >= 0.6 is 0 Å². The first kappa shape index (κ1) is 13.4. The van der Waals surface area contributed by atoms with E-state index < -0.39 is 6.10 Å². The second-order valence-electron chi connectivity index (χ2n) is 3.95. The molecule has 0 radical (unpaired) electrons. The van der Waals surface area contributed by atoms with Gasteiger partial charge >= 0.3 is 0 Å². The fraction of sp³-hybridized carbons (Fsp3) is 0.667. The van der Waals surface area contributed by atoms with Crippen molar-refractivity contribution in [3.63, 3.8) is 0 Å². The van der Waals surface area contributed by atoms with Crippen LogP contribution in [0.1, 0.15) is 34.1 Å². The fourth-order valence-electron chi connectivity index (χ4n) is 0.976. The van der Waals surface area contributed by atoms with Crippen molar-refractivity contribution in [2.75, 3.05) is 0 Å². The van der Waals surface area contributed by atoms with Crippen LogP contribution in [-0.2, 0) is 0 Å². The second-order valence-corrected chi connectivity index (χ2v) is 3.95. The molecule has 0 saturated carbocycles. The smallest absolute Gasteiger partial charge is 0.0747 e. The monoisotopic (exact) mass is 198 g/mol. The second kappa shape index (κ2) is 6.80. The molecule has 2 atom stereocenters. The first-order valence-corrected chi connectivity index (χ1v) is 5.20. The highest BCUT2D eigenvalue weighted by Gasteiger charge is 2.03. The first-order chi connectivity index (χ1) is 6.49. The molecule has 2 unspecified atom stereocenters. The lowest BCUT2D eigenvalue weighted by molar-refractivity contribution is 0.172. The molecule has 0 aromatic rings. The third-order valence-corrected chi connectivity index (χ3v) is 2.26. The van der Waals surface area contributed by atoms with Gasteiger partial charge in [0.05, 0.1) is 12.2 Å². The van der Waals surface area contributed by atoms with E-state index in [1.807, 2.05) is 33.8 Å². The number of aliphatic hydroxyl groups is 2. The van der Waals surface area contributed by atoms with Gasteiger partial charge in [0.2, 0.25) is 0 Å². The molecule has 2 heteroatoms. The molecule has 0 amide bonds. The number of hydrogen-bond acceptors (Lipinski definition) is 2. The molecule has 0 heterocycles. The van der Waals surface area contributed by atoms with E-state index >= 15 is 0 Å². The zero-order chi connectivity index (χ0) is 11.1. The minimum atomic E-state index is -0.405. The predicted molar refractivity (Wildman–Crippen MR) is 60.0 cm³/mol. The largest absolute Gasteiger partial charge is 0.389 e. The Kier molecular flexibility index (Phi) is 6.50. The number of aliphatic hydroxyl groups excluding tert-OH is 2. The molecule has 0 spiro atoms. The van der Waals surface area contributed by atoms with Gasteiger partial charge in [-0.05, 0) is 24.8 Å². The van der Waals surface area contributed by atoms with Crippen molar-refractivity contribution in [2.24, 2.45) is 5.92 Å². The average Bonchev–Trinajstić information content (AvgIpc) is 2.15. The molecular formula is C12H22O2. The summed E-state index contributed by atoms with van der Waals surface area (Å²) in [6.45, 7) is 7.76. The van der Waals surface area contributed by atoms with Gasteiger partial charge in [-0.1, -0.05) is 39.0 Å². The van der Waals surface area contributed by atoms with E-state index in [0.717, 1.165) is 12.0 Å². The molecule has 0 fully saturated rings. The molecule has 14 heavy (non-hydrogen) atoms. The van der Waals surface area contributed by atoms with Crippen LogP contribution in [-0.4, -0.2) is 22.4 Å². The molecular weight excluding hydrogens is 176 g/mol. The Morgan fingerprint density at radius 3 is 2.29 bits per heavy atom. The van der Waals surface area contributed by atoms with Crippen molar-refractivity contribution in [1.82, 2.24) is 0 Å². The fourth-order valence-corrected chi connectivity index (χ4v) is 0.976. The van der Waals surface area contributed by atoms with Gasteiger partial charge in [-0.15, -0.1) is 0 Å². The van der Waals surface area contributed by atoms with Gasteiger partial charge in [-0.2, -0.15) is 0 Å². The lowest BCUT2D eigenvalue weighted by Gasteiger charge is -2.09. The van der Waals surface area contributed by atoms with Crippen LogP contribution in [0.4, 0.5) is 0 Å². The van der Waals surface area contributed by atoms with Crippen molar-refractivity contribution in [1.29, 1.82) is 0 Å². The SMILES string of the molecule is CCC(O)C(C)=CC=CC(O)C(C)C. The number of hydrogen-bond donors (Lipinski definition) is 2. The number of rotatable bonds is 5. The highest BCUT2D eigenvalue weighted by Crippen LogP contribution is 2.06. The molecule has 2 N–H and O–H groups in total. The van der Waals surface area contributed by atoms with E-state index in [2.05, 4.69) is 0 Å². The highest BCUT2D eigenvalue weighted by molar-refractivity contribution is 5.14. The van der Waals surface area contributed by atoms with Gasteiger partial charge in [0.1, 0.15) is 0 Å².